The maximum absolute atomic E-state index is 12.0. The second-order valence-corrected chi connectivity index (χ2v) is 6.31. The van der Waals surface area contributed by atoms with Crippen molar-refractivity contribution in [2.24, 2.45) is 0 Å². The summed E-state index contributed by atoms with van der Waals surface area (Å²) < 4.78 is 26.9. The third kappa shape index (κ3) is 4.60. The summed E-state index contributed by atoms with van der Waals surface area (Å²) in [4.78, 5) is 33.2. The number of hydrogen-bond donors (Lipinski definition) is 3. The summed E-state index contributed by atoms with van der Waals surface area (Å²) in [5.41, 5.74) is 0.0206. The summed E-state index contributed by atoms with van der Waals surface area (Å²) in [5, 5.41) is 9.90. The zero-order valence-corrected chi connectivity index (χ0v) is 13.5. The van der Waals surface area contributed by atoms with E-state index in [9.17, 15) is 14.5 Å². The van der Waals surface area contributed by atoms with E-state index in [-0.39, 0.29) is 12.3 Å². The highest BCUT2D eigenvalue weighted by atomic mass is 31.2. The van der Waals surface area contributed by atoms with Crippen molar-refractivity contribution in [3.8, 4) is 5.88 Å². The molecule has 0 radical (unpaired) electrons. The van der Waals surface area contributed by atoms with Crippen LogP contribution in [-0.4, -0.2) is 49.9 Å². The van der Waals surface area contributed by atoms with Crippen molar-refractivity contribution in [2.75, 3.05) is 13.2 Å². The number of aryl methyl sites for hydroxylation is 1. The molecule has 0 unspecified atom stereocenters. The molecule has 0 saturated carbocycles. The highest BCUT2D eigenvalue weighted by Gasteiger charge is 2.37. The minimum atomic E-state index is -4.66. The lowest BCUT2D eigenvalue weighted by molar-refractivity contribution is -0.0452. The Morgan fingerprint density at radius 1 is 1.52 bits per heavy atom. The van der Waals surface area contributed by atoms with Gasteiger partial charge in [0.05, 0.1) is 19.3 Å². The molecule has 3 atom stereocenters. The molecular weight excluding hydrogens is 331 g/mol. The van der Waals surface area contributed by atoms with E-state index >= 15 is 0 Å². The topological polar surface area (TPSA) is 140 Å². The van der Waals surface area contributed by atoms with Crippen molar-refractivity contribution in [3.63, 3.8) is 0 Å². The van der Waals surface area contributed by atoms with E-state index in [2.05, 4.69) is 9.51 Å². The maximum atomic E-state index is 12.0. The number of aliphatic hydroxyl groups excluding tert-OH is 1. The smallest absolute Gasteiger partial charge is 0.469 e. The molecule has 0 bridgehead atoms. The van der Waals surface area contributed by atoms with Crippen LogP contribution in [0.3, 0.4) is 0 Å². The van der Waals surface area contributed by atoms with Gasteiger partial charge in [0, 0.05) is 18.2 Å². The highest BCUT2D eigenvalue weighted by molar-refractivity contribution is 7.46. The van der Waals surface area contributed by atoms with E-state index in [1.54, 1.807) is 13.8 Å². The van der Waals surface area contributed by atoms with Crippen LogP contribution in [0.1, 0.15) is 25.1 Å². The van der Waals surface area contributed by atoms with Gasteiger partial charge in [0.2, 0.25) is 5.88 Å². The van der Waals surface area contributed by atoms with Crippen LogP contribution in [0, 0.1) is 6.92 Å². The molecule has 2 heterocycles. The van der Waals surface area contributed by atoms with Crippen LogP contribution < -0.4 is 10.4 Å². The van der Waals surface area contributed by atoms with Crippen LogP contribution in [0.5, 0.6) is 5.88 Å². The zero-order valence-electron chi connectivity index (χ0n) is 12.7. The Kier molecular flexibility index (Phi) is 5.56. The molecule has 1 fully saturated rings. The van der Waals surface area contributed by atoms with Crippen molar-refractivity contribution >= 4 is 7.82 Å². The van der Waals surface area contributed by atoms with Crippen molar-refractivity contribution in [1.29, 1.82) is 0 Å². The fraction of sp³-hybridized carbons (Fsp3) is 0.667. The summed E-state index contributed by atoms with van der Waals surface area (Å²) in [5.74, 6) is 0.230. The number of phosphoric acid groups is 1. The van der Waals surface area contributed by atoms with Gasteiger partial charge in [-0.1, -0.05) is 0 Å². The van der Waals surface area contributed by atoms with Crippen LogP contribution in [0.2, 0.25) is 0 Å². The van der Waals surface area contributed by atoms with Gasteiger partial charge in [0.25, 0.3) is 0 Å². The van der Waals surface area contributed by atoms with Gasteiger partial charge in [0.15, 0.2) is 0 Å². The molecule has 1 saturated heterocycles. The quantitative estimate of drug-likeness (QED) is 0.590. The van der Waals surface area contributed by atoms with Gasteiger partial charge in [-0.15, -0.1) is 0 Å². The Bertz CT molecular complexity index is 657. The number of aromatic nitrogens is 2. The number of ether oxygens (including phenoxy) is 2. The third-order valence-electron chi connectivity index (χ3n) is 3.29. The molecular formula is C12H19N2O8P. The Morgan fingerprint density at radius 2 is 2.22 bits per heavy atom. The van der Waals surface area contributed by atoms with Crippen LogP contribution in [0.25, 0.3) is 0 Å². The third-order valence-corrected chi connectivity index (χ3v) is 3.78. The van der Waals surface area contributed by atoms with Gasteiger partial charge in [-0.25, -0.2) is 9.36 Å². The zero-order chi connectivity index (χ0) is 17.2. The normalized spacial score (nSPS) is 24.8. The van der Waals surface area contributed by atoms with Gasteiger partial charge in [-0.05, 0) is 13.8 Å². The first kappa shape index (κ1) is 18.1. The van der Waals surface area contributed by atoms with Gasteiger partial charge < -0.3 is 24.4 Å². The second kappa shape index (κ2) is 7.08. The van der Waals surface area contributed by atoms with Gasteiger partial charge in [-0.3, -0.25) is 9.09 Å². The minimum Gasteiger partial charge on any atom is -0.478 e. The first-order chi connectivity index (χ1) is 10.7. The predicted octanol–water partition coefficient (Wildman–Crippen LogP) is -0.292. The summed E-state index contributed by atoms with van der Waals surface area (Å²) >= 11 is 0. The van der Waals surface area contributed by atoms with E-state index in [0.717, 1.165) is 0 Å². The molecule has 3 N–H and O–H groups in total. The summed E-state index contributed by atoms with van der Waals surface area (Å²) in [6.45, 7) is 3.38. The van der Waals surface area contributed by atoms with Crippen molar-refractivity contribution < 1.29 is 33.5 Å². The Hall–Kier alpha value is -1.29. The lowest BCUT2D eigenvalue weighted by Gasteiger charge is -2.17. The lowest BCUT2D eigenvalue weighted by Crippen LogP contribution is -2.28. The summed E-state index contributed by atoms with van der Waals surface area (Å²) in [6.07, 6.45) is -1.20. The SMILES string of the molecule is CCOc1nc(=O)n([C@H]2C[C@H](O)[C@@H](COP(=O)(O)O)O2)cc1C. The second-order valence-electron chi connectivity index (χ2n) is 5.07. The van der Waals surface area contributed by atoms with Crippen molar-refractivity contribution in [1.82, 2.24) is 9.55 Å². The molecule has 1 aliphatic rings. The molecule has 10 nitrogen and oxygen atoms in total. The van der Waals surface area contributed by atoms with E-state index in [1.807, 2.05) is 0 Å². The maximum Gasteiger partial charge on any atom is 0.469 e. The van der Waals surface area contributed by atoms with Crippen LogP contribution >= 0.6 is 7.82 Å². The number of rotatable bonds is 6. The molecule has 1 aromatic rings. The number of nitrogens with zero attached hydrogens (tertiary/aromatic N) is 2. The van der Waals surface area contributed by atoms with Crippen LogP contribution in [-0.2, 0) is 13.8 Å². The minimum absolute atomic E-state index is 0.0736. The van der Waals surface area contributed by atoms with Crippen LogP contribution in [0.15, 0.2) is 11.0 Å². The van der Waals surface area contributed by atoms with E-state index in [0.29, 0.717) is 12.2 Å². The number of phosphoric ester groups is 1. The van der Waals surface area contributed by atoms with E-state index in [4.69, 9.17) is 19.3 Å². The van der Waals surface area contributed by atoms with Gasteiger partial charge >= 0.3 is 13.5 Å². The lowest BCUT2D eigenvalue weighted by atomic mass is 10.2. The molecule has 0 aliphatic carbocycles. The monoisotopic (exact) mass is 350 g/mol. The predicted molar refractivity (Wildman–Crippen MR) is 76.9 cm³/mol. The molecule has 2 rings (SSSR count). The Morgan fingerprint density at radius 3 is 2.83 bits per heavy atom. The average molecular weight is 350 g/mol. The molecule has 1 aromatic heterocycles. The Labute approximate surface area is 131 Å². The average Bonchev–Trinajstić information content (AvgIpc) is 2.81. The largest absolute Gasteiger partial charge is 0.478 e. The Balaban J connectivity index is 2.13. The molecule has 0 amide bonds. The standard InChI is InChI=1S/C12H19N2O8P/c1-3-20-11-7(2)5-14(12(16)13-11)10-4-8(15)9(22-10)6-21-23(17,18)19/h5,8-10,15H,3-4,6H2,1-2H3,(H2,17,18,19)/t8-,9+,10+/m0/s1. The number of hydrogen-bond acceptors (Lipinski definition) is 7. The van der Waals surface area contributed by atoms with Crippen molar-refractivity contribution in [3.05, 3.63) is 22.2 Å². The first-order valence-corrected chi connectivity index (χ1v) is 8.50. The van der Waals surface area contributed by atoms with Gasteiger partial charge in [-0.2, -0.15) is 4.98 Å². The molecule has 23 heavy (non-hydrogen) atoms. The van der Waals surface area contributed by atoms with Crippen LogP contribution in [0.4, 0.5) is 0 Å². The molecule has 11 heteroatoms. The first-order valence-electron chi connectivity index (χ1n) is 6.97. The molecule has 0 aromatic carbocycles. The molecule has 0 spiro atoms. The fourth-order valence-corrected chi connectivity index (χ4v) is 2.59. The fourth-order valence-electron chi connectivity index (χ4n) is 2.25. The number of aliphatic hydroxyl groups is 1. The summed E-state index contributed by atoms with van der Waals surface area (Å²) in [6, 6.07) is 0. The summed E-state index contributed by atoms with van der Waals surface area (Å²) in [7, 11) is -4.66. The van der Waals surface area contributed by atoms with E-state index < -0.39 is 38.6 Å². The molecule has 130 valence electrons. The van der Waals surface area contributed by atoms with Gasteiger partial charge in [0.1, 0.15) is 12.3 Å². The highest BCUT2D eigenvalue weighted by Crippen LogP contribution is 2.38. The van der Waals surface area contributed by atoms with Crippen molar-refractivity contribution in [2.45, 2.75) is 38.7 Å². The van der Waals surface area contributed by atoms with E-state index in [1.165, 1.54) is 10.8 Å². The molecule has 1 aliphatic heterocycles.